The van der Waals surface area contributed by atoms with Crippen LogP contribution in [-0.4, -0.2) is 93.3 Å². The summed E-state index contributed by atoms with van der Waals surface area (Å²) in [6.07, 6.45) is 8.74. The molecule has 2 aliphatic heterocycles. The van der Waals surface area contributed by atoms with Gasteiger partial charge in [-0.25, -0.2) is 9.97 Å². The molecular weight excluding hydrogens is 770 g/mol. The second kappa shape index (κ2) is 19.5. The number of pyridine rings is 1. The Morgan fingerprint density at radius 1 is 0.661 bits per heavy atom. The van der Waals surface area contributed by atoms with Gasteiger partial charge in [-0.3, -0.25) is 33.3 Å². The molecule has 59 heavy (non-hydrogen) atoms. The number of aliphatic hydroxyl groups is 2. The Morgan fingerprint density at radius 2 is 1.08 bits per heavy atom. The van der Waals surface area contributed by atoms with Crippen LogP contribution < -0.4 is 11.1 Å². The van der Waals surface area contributed by atoms with Crippen LogP contribution in [-0.2, 0) is 22.7 Å². The quantitative estimate of drug-likeness (QED) is 0.169. The molecule has 7 rings (SSSR count). The van der Waals surface area contributed by atoms with Crippen LogP contribution in [0.3, 0.4) is 0 Å². The lowest BCUT2D eigenvalue weighted by molar-refractivity contribution is -0.137. The molecule has 2 N–H and O–H groups in total. The molecule has 5 heterocycles. The molecule has 0 spiro atoms. The van der Waals surface area contributed by atoms with Crippen molar-refractivity contribution in [3.05, 3.63) is 147 Å². The lowest BCUT2D eigenvalue weighted by Crippen LogP contribution is -2.49. The van der Waals surface area contributed by atoms with Crippen molar-refractivity contribution in [2.24, 2.45) is 0 Å². The highest BCUT2D eigenvalue weighted by molar-refractivity contribution is 6.29. The normalized spacial score (nSPS) is 17.0. The number of benzene rings is 2. The first-order valence-electron chi connectivity index (χ1n) is 20.1. The van der Waals surface area contributed by atoms with E-state index in [1.165, 1.54) is 33.9 Å². The number of hydrogen-bond acceptors (Lipinski definition) is 9. The molecule has 3 aromatic heterocycles. The first-order valence-corrected chi connectivity index (χ1v) is 20.5. The van der Waals surface area contributed by atoms with E-state index < -0.39 is 11.2 Å². The summed E-state index contributed by atoms with van der Waals surface area (Å²) in [5.74, 6) is 0.494. The van der Waals surface area contributed by atoms with E-state index in [1.54, 1.807) is 29.4 Å². The highest BCUT2D eigenvalue weighted by atomic mass is 35.5. The van der Waals surface area contributed by atoms with Gasteiger partial charge in [0.05, 0.1) is 42.6 Å². The minimum atomic E-state index is -1.04. The Hall–Kier alpha value is -5.50. The maximum atomic E-state index is 12.8. The fourth-order valence-corrected chi connectivity index (χ4v) is 7.76. The van der Waals surface area contributed by atoms with Crippen LogP contribution in [0.5, 0.6) is 0 Å². The van der Waals surface area contributed by atoms with Crippen LogP contribution in [0.4, 0.5) is 0 Å². The molecule has 0 unspecified atom stereocenters. The minimum Gasteiger partial charge on any atom is -0.388 e. The zero-order chi connectivity index (χ0) is 42.0. The number of aromatic nitrogens is 5. The SMILES string of the molecule is C[C@H](CC(=O)N1CCC(O)(Cn2cnc(-c3ccncc3)cc2=O)CC1)c1ccccc1.C[C@H](CC(=O)N1CCC(O)(Cn2cnc(Cl)cc2=O)CC1)c1ccccc1. The summed E-state index contributed by atoms with van der Waals surface area (Å²) in [7, 11) is 0. The molecular formula is C45H52ClN7O6. The average Bonchev–Trinajstić information content (AvgIpc) is 3.24. The number of carbonyl (C=O) groups excluding carboxylic acids is 2. The maximum Gasteiger partial charge on any atom is 0.254 e. The topological polar surface area (TPSA) is 164 Å². The van der Waals surface area contributed by atoms with Gasteiger partial charge in [0, 0.05) is 69.1 Å². The van der Waals surface area contributed by atoms with E-state index in [0.717, 1.165) is 16.7 Å². The molecule has 2 saturated heterocycles. The smallest absolute Gasteiger partial charge is 0.254 e. The number of hydrogen-bond donors (Lipinski definition) is 2. The highest BCUT2D eigenvalue weighted by Gasteiger charge is 2.36. The average molecular weight is 822 g/mol. The van der Waals surface area contributed by atoms with Gasteiger partial charge in [-0.05, 0) is 60.8 Å². The molecule has 310 valence electrons. The number of halogens is 1. The summed E-state index contributed by atoms with van der Waals surface area (Å²) in [4.78, 5) is 65.8. The number of carbonyl (C=O) groups is 2. The van der Waals surface area contributed by atoms with Gasteiger partial charge in [-0.1, -0.05) is 86.1 Å². The van der Waals surface area contributed by atoms with Gasteiger partial charge in [0.1, 0.15) is 5.15 Å². The van der Waals surface area contributed by atoms with E-state index in [2.05, 4.69) is 21.9 Å². The Labute approximate surface area is 349 Å². The summed E-state index contributed by atoms with van der Waals surface area (Å²) < 4.78 is 2.81. The van der Waals surface area contributed by atoms with Crippen LogP contribution in [0.25, 0.3) is 11.3 Å². The molecule has 0 saturated carbocycles. The number of rotatable bonds is 11. The highest BCUT2D eigenvalue weighted by Crippen LogP contribution is 2.28. The minimum absolute atomic E-state index is 0.0960. The van der Waals surface area contributed by atoms with Crippen LogP contribution in [0.15, 0.2) is 120 Å². The Bertz CT molecular complexity index is 2270. The molecule has 2 aliphatic rings. The largest absolute Gasteiger partial charge is 0.388 e. The number of nitrogens with zero attached hydrogens (tertiary/aromatic N) is 7. The Kier molecular flexibility index (Phi) is 14.2. The Morgan fingerprint density at radius 3 is 1.51 bits per heavy atom. The second-order valence-electron chi connectivity index (χ2n) is 15.9. The van der Waals surface area contributed by atoms with Crippen LogP contribution in [0.1, 0.15) is 75.3 Å². The zero-order valence-electron chi connectivity index (χ0n) is 33.6. The van der Waals surface area contributed by atoms with Gasteiger partial charge in [0.2, 0.25) is 11.8 Å². The van der Waals surface area contributed by atoms with E-state index in [0.29, 0.717) is 70.4 Å². The van der Waals surface area contributed by atoms with Crippen LogP contribution in [0.2, 0.25) is 5.15 Å². The van der Waals surface area contributed by atoms with E-state index >= 15 is 0 Å². The predicted octanol–water partition coefficient (Wildman–Crippen LogP) is 5.30. The van der Waals surface area contributed by atoms with Crippen molar-refractivity contribution < 1.29 is 19.8 Å². The fourth-order valence-electron chi connectivity index (χ4n) is 7.62. The van der Waals surface area contributed by atoms with Gasteiger partial charge in [0.25, 0.3) is 11.1 Å². The van der Waals surface area contributed by atoms with E-state index in [9.17, 15) is 29.4 Å². The Balaban J connectivity index is 0.000000201. The van der Waals surface area contributed by atoms with Crippen molar-refractivity contribution in [2.75, 3.05) is 26.2 Å². The number of amides is 2. The molecule has 2 atom stereocenters. The molecule has 5 aromatic rings. The van der Waals surface area contributed by atoms with Crippen molar-refractivity contribution in [3.8, 4) is 11.3 Å². The molecule has 0 radical (unpaired) electrons. The first-order chi connectivity index (χ1) is 28.3. The molecule has 0 bridgehead atoms. The van der Waals surface area contributed by atoms with Gasteiger partial charge >= 0.3 is 0 Å². The van der Waals surface area contributed by atoms with Gasteiger partial charge in [-0.2, -0.15) is 0 Å². The number of piperidine rings is 2. The van der Waals surface area contributed by atoms with E-state index in [1.807, 2.05) is 72.5 Å². The standard InChI is InChI=1S/C25H28N4O3.C20H24ClN3O3/c1-19(20-5-3-2-4-6-20)15-23(30)28-13-9-25(32,10-14-28)17-29-18-27-22(16-24(29)31)21-7-11-26-12-8-21;1-15(16-5-3-2-4-6-16)11-18(25)23-9-7-20(27,8-10-23)13-24-14-22-17(21)12-19(24)26/h2-8,11-12,16,18-19,32H,9-10,13-15,17H2,1H3;2-6,12,14-15,27H,7-11,13H2,1H3/t19-;15-/m11/s1. The van der Waals surface area contributed by atoms with E-state index in [4.69, 9.17) is 11.6 Å². The van der Waals surface area contributed by atoms with Gasteiger partial charge in [-0.15, -0.1) is 0 Å². The summed E-state index contributed by atoms with van der Waals surface area (Å²) in [6.45, 7) is 6.34. The monoisotopic (exact) mass is 821 g/mol. The second-order valence-corrected chi connectivity index (χ2v) is 16.3. The lowest BCUT2D eigenvalue weighted by Gasteiger charge is -2.38. The molecule has 2 amide bonds. The summed E-state index contributed by atoms with van der Waals surface area (Å²) in [5.41, 5.74) is 1.12. The molecule has 14 heteroatoms. The van der Waals surface area contributed by atoms with Crippen molar-refractivity contribution in [1.29, 1.82) is 0 Å². The first kappa shape index (κ1) is 43.1. The summed E-state index contributed by atoms with van der Waals surface area (Å²) >= 11 is 5.70. The van der Waals surface area contributed by atoms with Gasteiger partial charge < -0.3 is 20.0 Å². The van der Waals surface area contributed by atoms with E-state index in [-0.39, 0.29) is 53.0 Å². The van der Waals surface area contributed by atoms with Crippen LogP contribution >= 0.6 is 11.6 Å². The van der Waals surface area contributed by atoms with Crippen LogP contribution in [0, 0.1) is 0 Å². The predicted molar refractivity (Wildman–Crippen MR) is 226 cm³/mol. The molecule has 2 aromatic carbocycles. The number of likely N-dealkylation sites (tertiary alicyclic amines) is 2. The van der Waals surface area contributed by atoms with Crippen molar-refractivity contribution in [1.82, 2.24) is 33.9 Å². The third kappa shape index (κ3) is 11.8. The zero-order valence-corrected chi connectivity index (χ0v) is 34.3. The third-order valence-electron chi connectivity index (χ3n) is 11.4. The maximum absolute atomic E-state index is 12.8. The molecule has 13 nitrogen and oxygen atoms in total. The van der Waals surface area contributed by atoms with Crippen molar-refractivity contribution in [2.45, 2.75) is 88.5 Å². The fraction of sp³-hybridized carbons (Fsp3) is 0.400. The van der Waals surface area contributed by atoms with Crippen molar-refractivity contribution >= 4 is 23.4 Å². The molecule has 2 fully saturated rings. The third-order valence-corrected chi connectivity index (χ3v) is 11.6. The van der Waals surface area contributed by atoms with Crippen molar-refractivity contribution in [3.63, 3.8) is 0 Å². The lowest BCUT2D eigenvalue weighted by atomic mass is 9.90. The summed E-state index contributed by atoms with van der Waals surface area (Å²) in [5, 5.41) is 22.0. The van der Waals surface area contributed by atoms with Gasteiger partial charge in [0.15, 0.2) is 0 Å². The molecule has 0 aliphatic carbocycles. The summed E-state index contributed by atoms with van der Waals surface area (Å²) in [6, 6.07) is 26.3.